The molecule has 6 nitrogen and oxygen atoms in total. The number of hydrogen-bond acceptors (Lipinski definition) is 5. The van der Waals surface area contributed by atoms with Gasteiger partial charge in [-0.05, 0) is 38.1 Å². The van der Waals surface area contributed by atoms with Crippen molar-refractivity contribution in [2.45, 2.75) is 13.8 Å². The Bertz CT molecular complexity index is 957. The molecule has 0 saturated carbocycles. The topological polar surface area (TPSA) is 78.3 Å². The second-order valence-corrected chi connectivity index (χ2v) is 6.14. The highest BCUT2D eigenvalue weighted by Gasteiger charge is 2.36. The van der Waals surface area contributed by atoms with E-state index in [2.05, 4.69) is 5.10 Å². The SMILES string of the molecule is CC1=CC(=O)C(C(=O)C=Cc2c(C)nn(-c3ccccc3)c2Cl)C(=O)O1. The Hall–Kier alpha value is -2.99. The maximum atomic E-state index is 12.3. The van der Waals surface area contributed by atoms with Crippen molar-refractivity contribution in [1.29, 1.82) is 0 Å². The van der Waals surface area contributed by atoms with E-state index >= 15 is 0 Å². The number of halogens is 1. The minimum absolute atomic E-state index is 0.177. The summed E-state index contributed by atoms with van der Waals surface area (Å²) in [6.07, 6.45) is 3.76. The van der Waals surface area contributed by atoms with E-state index in [4.69, 9.17) is 16.3 Å². The fourth-order valence-corrected chi connectivity index (χ4v) is 2.94. The van der Waals surface area contributed by atoms with E-state index in [1.165, 1.54) is 13.0 Å². The lowest BCUT2D eigenvalue weighted by molar-refractivity contribution is -0.151. The van der Waals surface area contributed by atoms with E-state index in [-0.39, 0.29) is 5.76 Å². The summed E-state index contributed by atoms with van der Waals surface area (Å²) in [5.41, 5.74) is 1.92. The number of esters is 1. The third-order valence-electron chi connectivity index (χ3n) is 3.87. The predicted molar refractivity (Wildman–Crippen MR) is 95.7 cm³/mol. The molecule has 3 rings (SSSR count). The highest BCUT2D eigenvalue weighted by atomic mass is 35.5. The van der Waals surface area contributed by atoms with Gasteiger partial charge in [0, 0.05) is 11.6 Å². The number of hydrogen-bond donors (Lipinski definition) is 0. The lowest BCUT2D eigenvalue weighted by atomic mass is 9.96. The minimum Gasteiger partial charge on any atom is -0.430 e. The van der Waals surface area contributed by atoms with E-state index in [9.17, 15) is 14.4 Å². The molecule has 0 saturated heterocycles. The van der Waals surface area contributed by atoms with Gasteiger partial charge in [-0.2, -0.15) is 5.10 Å². The zero-order chi connectivity index (χ0) is 18.8. The Morgan fingerprint density at radius 3 is 2.58 bits per heavy atom. The average molecular weight is 371 g/mol. The smallest absolute Gasteiger partial charge is 0.329 e. The van der Waals surface area contributed by atoms with Crippen LogP contribution in [0.2, 0.25) is 5.15 Å². The molecule has 0 fully saturated rings. The van der Waals surface area contributed by atoms with E-state index < -0.39 is 23.5 Å². The summed E-state index contributed by atoms with van der Waals surface area (Å²) >= 11 is 6.38. The summed E-state index contributed by atoms with van der Waals surface area (Å²) in [5, 5.41) is 4.69. The molecule has 2 aromatic rings. The van der Waals surface area contributed by atoms with Crippen LogP contribution in [0.25, 0.3) is 11.8 Å². The Balaban J connectivity index is 1.88. The molecule has 1 atom stereocenters. The van der Waals surface area contributed by atoms with Crippen molar-refractivity contribution < 1.29 is 19.1 Å². The molecular weight excluding hydrogens is 356 g/mol. The standard InChI is InChI=1S/C19H15ClN2O4/c1-11-10-16(24)17(19(25)26-11)15(23)9-8-14-12(2)21-22(18(14)20)13-6-4-3-5-7-13/h3-10,17H,1-2H3. The maximum Gasteiger partial charge on any atom is 0.329 e. The van der Waals surface area contributed by atoms with Gasteiger partial charge in [0.2, 0.25) is 0 Å². The Morgan fingerprint density at radius 2 is 1.92 bits per heavy atom. The monoisotopic (exact) mass is 370 g/mol. The highest BCUT2D eigenvalue weighted by Crippen LogP contribution is 2.25. The van der Waals surface area contributed by atoms with Crippen LogP contribution in [-0.2, 0) is 19.1 Å². The van der Waals surface area contributed by atoms with Crippen LogP contribution in [0.1, 0.15) is 18.2 Å². The molecule has 1 aromatic heterocycles. The molecule has 0 radical (unpaired) electrons. The molecule has 1 unspecified atom stereocenters. The number of ether oxygens (including phenoxy) is 1. The molecule has 0 amide bonds. The Morgan fingerprint density at radius 1 is 1.23 bits per heavy atom. The first kappa shape index (κ1) is 17.8. The van der Waals surface area contributed by atoms with Gasteiger partial charge in [-0.15, -0.1) is 0 Å². The largest absolute Gasteiger partial charge is 0.430 e. The van der Waals surface area contributed by atoms with Crippen molar-refractivity contribution in [1.82, 2.24) is 9.78 Å². The third kappa shape index (κ3) is 3.36. The molecule has 1 aromatic carbocycles. The zero-order valence-electron chi connectivity index (χ0n) is 14.1. The third-order valence-corrected chi connectivity index (χ3v) is 4.24. The minimum atomic E-state index is -1.47. The normalized spacial score (nSPS) is 17.3. The van der Waals surface area contributed by atoms with E-state index in [0.29, 0.717) is 16.4 Å². The average Bonchev–Trinajstić information content (AvgIpc) is 2.87. The molecule has 0 N–H and O–H groups in total. The number of allylic oxidation sites excluding steroid dienone is 3. The first-order valence-corrected chi connectivity index (χ1v) is 8.22. The van der Waals surface area contributed by atoms with Gasteiger partial charge in [-0.1, -0.05) is 29.8 Å². The molecule has 1 aliphatic heterocycles. The maximum absolute atomic E-state index is 12.3. The number of cyclic esters (lactones) is 1. The van der Waals surface area contributed by atoms with Crippen LogP contribution >= 0.6 is 11.6 Å². The molecule has 26 heavy (non-hydrogen) atoms. The number of aryl methyl sites for hydroxylation is 1. The van der Waals surface area contributed by atoms with Crippen LogP contribution in [0.3, 0.4) is 0 Å². The number of benzene rings is 1. The second kappa shape index (κ2) is 7.09. The number of aromatic nitrogens is 2. The van der Waals surface area contributed by atoms with Crippen molar-refractivity contribution >= 4 is 35.2 Å². The van der Waals surface area contributed by atoms with E-state index in [1.54, 1.807) is 11.6 Å². The molecule has 0 bridgehead atoms. The number of nitrogens with zero attached hydrogens (tertiary/aromatic N) is 2. The number of ketones is 2. The molecule has 132 valence electrons. The van der Waals surface area contributed by atoms with Crippen molar-refractivity contribution in [3.63, 3.8) is 0 Å². The van der Waals surface area contributed by atoms with Gasteiger partial charge in [0.15, 0.2) is 17.5 Å². The van der Waals surface area contributed by atoms with E-state index in [0.717, 1.165) is 17.8 Å². The quantitative estimate of drug-likeness (QED) is 0.469. The second-order valence-electron chi connectivity index (χ2n) is 5.78. The van der Waals surface area contributed by atoms with Gasteiger partial charge in [-0.3, -0.25) is 14.4 Å². The summed E-state index contributed by atoms with van der Waals surface area (Å²) in [7, 11) is 0. The lowest BCUT2D eigenvalue weighted by Crippen LogP contribution is -2.34. The fourth-order valence-electron chi connectivity index (χ4n) is 2.61. The van der Waals surface area contributed by atoms with Crippen molar-refractivity contribution in [2.24, 2.45) is 5.92 Å². The molecule has 0 spiro atoms. The first-order chi connectivity index (χ1) is 12.4. The van der Waals surface area contributed by atoms with Crippen LogP contribution in [0.15, 0.2) is 48.2 Å². The highest BCUT2D eigenvalue weighted by molar-refractivity contribution is 6.31. The first-order valence-electron chi connectivity index (χ1n) is 7.85. The summed E-state index contributed by atoms with van der Waals surface area (Å²) < 4.78 is 6.40. The molecule has 2 heterocycles. The van der Waals surface area contributed by atoms with Gasteiger partial charge in [0.25, 0.3) is 0 Å². The van der Waals surface area contributed by atoms with Crippen LogP contribution < -0.4 is 0 Å². The summed E-state index contributed by atoms with van der Waals surface area (Å²) in [6.45, 7) is 3.23. The molecule has 0 aliphatic carbocycles. The van der Waals surface area contributed by atoms with Crippen LogP contribution in [0.4, 0.5) is 0 Å². The fraction of sp³-hybridized carbons (Fsp3) is 0.158. The Labute approximate surface area is 154 Å². The predicted octanol–water partition coefficient (Wildman–Crippen LogP) is 3.06. The number of para-hydroxylation sites is 1. The van der Waals surface area contributed by atoms with Crippen molar-refractivity contribution in [2.75, 3.05) is 0 Å². The van der Waals surface area contributed by atoms with Gasteiger partial charge in [0.1, 0.15) is 10.9 Å². The number of carbonyl (C=O) groups excluding carboxylic acids is 3. The molecule has 1 aliphatic rings. The van der Waals surface area contributed by atoms with Crippen LogP contribution in [0.5, 0.6) is 0 Å². The van der Waals surface area contributed by atoms with Crippen LogP contribution in [0, 0.1) is 12.8 Å². The van der Waals surface area contributed by atoms with Gasteiger partial charge in [-0.25, -0.2) is 4.68 Å². The van der Waals surface area contributed by atoms with Crippen molar-refractivity contribution in [3.8, 4) is 5.69 Å². The van der Waals surface area contributed by atoms with E-state index in [1.807, 2.05) is 30.3 Å². The molecule has 7 heteroatoms. The molecular formula is C19H15ClN2O4. The Kier molecular flexibility index (Phi) is 4.86. The van der Waals surface area contributed by atoms with Gasteiger partial charge >= 0.3 is 5.97 Å². The zero-order valence-corrected chi connectivity index (χ0v) is 14.9. The van der Waals surface area contributed by atoms with Crippen molar-refractivity contribution in [3.05, 3.63) is 64.7 Å². The summed E-state index contributed by atoms with van der Waals surface area (Å²) in [4.78, 5) is 36.0. The van der Waals surface area contributed by atoms with Gasteiger partial charge in [0.05, 0.1) is 11.4 Å². The van der Waals surface area contributed by atoms with Gasteiger partial charge < -0.3 is 4.74 Å². The number of rotatable bonds is 4. The lowest BCUT2D eigenvalue weighted by Gasteiger charge is -2.15. The number of carbonyl (C=O) groups is 3. The summed E-state index contributed by atoms with van der Waals surface area (Å²) in [5.74, 6) is -3.41. The summed E-state index contributed by atoms with van der Waals surface area (Å²) in [6, 6.07) is 9.30. The van der Waals surface area contributed by atoms with Crippen LogP contribution in [-0.4, -0.2) is 27.3 Å².